The molecule has 2 heterocycles. The molecule has 0 aliphatic heterocycles. The Morgan fingerprint density at radius 2 is 1.82 bits per heavy atom. The number of rotatable bonds is 5. The lowest BCUT2D eigenvalue weighted by Crippen LogP contribution is -2.24. The molecule has 0 aliphatic rings. The molecule has 5 nitrogen and oxygen atoms in total. The minimum absolute atomic E-state index is 0.162. The van der Waals surface area contributed by atoms with E-state index in [-0.39, 0.29) is 6.54 Å². The van der Waals surface area contributed by atoms with Crippen LogP contribution in [-0.4, -0.2) is 18.4 Å². The predicted molar refractivity (Wildman–Crippen MR) is 97.9 cm³/mol. The van der Waals surface area contributed by atoms with Gasteiger partial charge in [0.05, 0.1) is 21.2 Å². The highest BCUT2D eigenvalue weighted by Gasteiger charge is 2.34. The van der Waals surface area contributed by atoms with E-state index in [1.54, 1.807) is 42.9 Å². The molecule has 146 valence electrons. The number of alkyl halides is 3. The van der Waals surface area contributed by atoms with Crippen molar-refractivity contribution in [2.45, 2.75) is 17.6 Å². The van der Waals surface area contributed by atoms with Gasteiger partial charge in [-0.3, -0.25) is 9.97 Å². The molecule has 0 saturated carbocycles. The molecule has 0 atom stereocenters. The van der Waals surface area contributed by atoms with Crippen molar-refractivity contribution in [2.24, 2.45) is 0 Å². The summed E-state index contributed by atoms with van der Waals surface area (Å²) in [7, 11) is -4.21. The molecule has 3 aromatic rings. The molecule has 0 unspecified atom stereocenters. The SMILES string of the molecule is O=S(=O)(NCc1cccnc1-c1cccnc1)c1ccc(Cl)c(C(F)(F)F)c1. The average Bonchev–Trinajstić information content (AvgIpc) is 2.66. The van der Waals surface area contributed by atoms with E-state index < -0.39 is 31.7 Å². The van der Waals surface area contributed by atoms with Crippen molar-refractivity contribution in [3.8, 4) is 11.3 Å². The molecule has 1 N–H and O–H groups in total. The molecule has 0 amide bonds. The Labute approximate surface area is 164 Å². The molecule has 0 aliphatic carbocycles. The van der Waals surface area contributed by atoms with Gasteiger partial charge < -0.3 is 0 Å². The summed E-state index contributed by atoms with van der Waals surface area (Å²) < 4.78 is 66.3. The van der Waals surface area contributed by atoms with Crippen molar-refractivity contribution in [2.75, 3.05) is 0 Å². The zero-order valence-corrected chi connectivity index (χ0v) is 15.7. The van der Waals surface area contributed by atoms with Gasteiger partial charge in [0.25, 0.3) is 0 Å². The van der Waals surface area contributed by atoms with E-state index in [2.05, 4.69) is 14.7 Å². The smallest absolute Gasteiger partial charge is 0.264 e. The van der Waals surface area contributed by atoms with Gasteiger partial charge in [-0.1, -0.05) is 17.7 Å². The van der Waals surface area contributed by atoms with E-state index in [0.717, 1.165) is 12.1 Å². The Morgan fingerprint density at radius 3 is 2.50 bits per heavy atom. The fourth-order valence-corrected chi connectivity index (χ4v) is 3.75. The number of nitrogens with zero attached hydrogens (tertiary/aromatic N) is 2. The second kappa shape index (κ2) is 7.86. The van der Waals surface area contributed by atoms with Gasteiger partial charge >= 0.3 is 6.18 Å². The lowest BCUT2D eigenvalue weighted by molar-refractivity contribution is -0.137. The van der Waals surface area contributed by atoms with E-state index in [1.807, 2.05) is 0 Å². The van der Waals surface area contributed by atoms with Crippen molar-refractivity contribution in [1.29, 1.82) is 0 Å². The van der Waals surface area contributed by atoms with Gasteiger partial charge in [0.1, 0.15) is 0 Å². The second-order valence-corrected chi connectivity index (χ2v) is 7.89. The lowest BCUT2D eigenvalue weighted by Gasteiger charge is -2.13. The fourth-order valence-electron chi connectivity index (χ4n) is 2.49. The number of halogens is 4. The standard InChI is InChI=1S/C18H13ClF3N3O2S/c19-16-6-5-14(9-15(16)18(20,21)22)28(26,27)25-11-13-4-2-8-24-17(13)12-3-1-7-23-10-12/h1-10,25H,11H2. The molecule has 0 spiro atoms. The lowest BCUT2D eigenvalue weighted by atomic mass is 10.1. The van der Waals surface area contributed by atoms with Crippen molar-refractivity contribution < 1.29 is 21.6 Å². The van der Waals surface area contributed by atoms with Gasteiger partial charge in [-0.15, -0.1) is 0 Å². The third-order valence-electron chi connectivity index (χ3n) is 3.83. The molecule has 1 aromatic carbocycles. The molecule has 28 heavy (non-hydrogen) atoms. The van der Waals surface area contributed by atoms with Gasteiger partial charge in [0, 0.05) is 30.7 Å². The summed E-state index contributed by atoms with van der Waals surface area (Å²) in [6, 6.07) is 9.21. The Hall–Kier alpha value is -2.49. The number of pyridine rings is 2. The number of hydrogen-bond donors (Lipinski definition) is 1. The summed E-state index contributed by atoms with van der Waals surface area (Å²) >= 11 is 5.54. The first kappa shape index (κ1) is 20.2. The molecule has 0 bridgehead atoms. The van der Waals surface area contributed by atoms with Gasteiger partial charge in [0.15, 0.2) is 0 Å². The molecule has 0 fully saturated rings. The summed E-state index contributed by atoms with van der Waals surface area (Å²) in [5.74, 6) is 0. The highest BCUT2D eigenvalue weighted by atomic mass is 35.5. The Bertz CT molecular complexity index is 1090. The largest absolute Gasteiger partial charge is 0.417 e. The predicted octanol–water partition coefficient (Wildman–Crippen LogP) is 4.29. The van der Waals surface area contributed by atoms with E-state index in [9.17, 15) is 21.6 Å². The molecular formula is C18H13ClF3N3O2S. The van der Waals surface area contributed by atoms with Crippen LogP contribution in [0.2, 0.25) is 5.02 Å². The van der Waals surface area contributed by atoms with Crippen molar-refractivity contribution >= 4 is 21.6 Å². The summed E-state index contributed by atoms with van der Waals surface area (Å²) in [5, 5.41) is -0.572. The first-order chi connectivity index (χ1) is 13.2. The minimum atomic E-state index is -4.76. The van der Waals surface area contributed by atoms with Crippen LogP contribution in [0.25, 0.3) is 11.3 Å². The first-order valence-electron chi connectivity index (χ1n) is 7.89. The van der Waals surface area contributed by atoms with Crippen molar-refractivity contribution in [3.63, 3.8) is 0 Å². The Morgan fingerprint density at radius 1 is 1.07 bits per heavy atom. The topological polar surface area (TPSA) is 72.0 Å². The maximum Gasteiger partial charge on any atom is 0.417 e. The molecule has 2 aromatic heterocycles. The second-order valence-electron chi connectivity index (χ2n) is 5.72. The van der Waals surface area contributed by atoms with Gasteiger partial charge in [-0.2, -0.15) is 13.2 Å². The maximum absolute atomic E-state index is 13.0. The van der Waals surface area contributed by atoms with Crippen LogP contribution in [0.5, 0.6) is 0 Å². The van der Waals surface area contributed by atoms with E-state index in [0.29, 0.717) is 22.9 Å². The average molecular weight is 428 g/mol. The number of benzene rings is 1. The molecular weight excluding hydrogens is 415 g/mol. The Kier molecular flexibility index (Phi) is 5.69. The van der Waals surface area contributed by atoms with Crippen LogP contribution in [0.1, 0.15) is 11.1 Å². The third kappa shape index (κ3) is 4.49. The molecule has 10 heteroatoms. The first-order valence-corrected chi connectivity index (χ1v) is 9.75. The number of nitrogens with one attached hydrogen (secondary N) is 1. The normalized spacial score (nSPS) is 12.1. The summed E-state index contributed by atoms with van der Waals surface area (Å²) in [5.41, 5.74) is 0.534. The van der Waals surface area contributed by atoms with Crippen LogP contribution in [0.15, 0.2) is 66.0 Å². The third-order valence-corrected chi connectivity index (χ3v) is 5.56. The Balaban J connectivity index is 1.88. The zero-order valence-electron chi connectivity index (χ0n) is 14.1. The highest BCUT2D eigenvalue weighted by molar-refractivity contribution is 7.89. The maximum atomic E-state index is 13.0. The number of sulfonamides is 1. The van der Waals surface area contributed by atoms with Crippen LogP contribution in [0.3, 0.4) is 0 Å². The number of aromatic nitrogens is 2. The van der Waals surface area contributed by atoms with Gasteiger partial charge in [-0.05, 0) is 42.0 Å². The van der Waals surface area contributed by atoms with Crippen molar-refractivity contribution in [1.82, 2.24) is 14.7 Å². The van der Waals surface area contributed by atoms with Crippen LogP contribution in [0, 0.1) is 0 Å². The highest BCUT2D eigenvalue weighted by Crippen LogP contribution is 2.36. The summed E-state index contributed by atoms with van der Waals surface area (Å²) in [6.07, 6.45) is -0.0443. The van der Waals surface area contributed by atoms with Crippen LogP contribution < -0.4 is 4.72 Å². The van der Waals surface area contributed by atoms with Crippen LogP contribution in [0.4, 0.5) is 13.2 Å². The molecule has 0 radical (unpaired) electrons. The number of hydrogen-bond acceptors (Lipinski definition) is 4. The molecule has 0 saturated heterocycles. The van der Waals surface area contributed by atoms with Gasteiger partial charge in [0.2, 0.25) is 10.0 Å². The van der Waals surface area contributed by atoms with E-state index in [1.165, 1.54) is 0 Å². The van der Waals surface area contributed by atoms with Crippen LogP contribution >= 0.6 is 11.6 Å². The van der Waals surface area contributed by atoms with Crippen molar-refractivity contribution in [3.05, 3.63) is 77.2 Å². The van der Waals surface area contributed by atoms with Crippen LogP contribution in [-0.2, 0) is 22.7 Å². The molecule has 3 rings (SSSR count). The van der Waals surface area contributed by atoms with E-state index >= 15 is 0 Å². The fraction of sp³-hybridized carbons (Fsp3) is 0.111. The summed E-state index contributed by atoms with van der Waals surface area (Å²) in [6.45, 7) is -0.162. The monoisotopic (exact) mass is 427 g/mol. The summed E-state index contributed by atoms with van der Waals surface area (Å²) in [4.78, 5) is 7.71. The zero-order chi connectivity index (χ0) is 20.4. The quantitative estimate of drug-likeness (QED) is 0.659. The van der Waals surface area contributed by atoms with E-state index in [4.69, 9.17) is 11.6 Å². The minimum Gasteiger partial charge on any atom is -0.264 e. The van der Waals surface area contributed by atoms with Gasteiger partial charge in [-0.25, -0.2) is 13.1 Å².